The van der Waals surface area contributed by atoms with Crippen molar-refractivity contribution in [2.75, 3.05) is 39.3 Å². The van der Waals surface area contributed by atoms with Crippen LogP contribution in [-0.4, -0.2) is 72.7 Å². The second-order valence-electron chi connectivity index (χ2n) is 10.4. The maximum atomic E-state index is 12.7. The average Bonchev–Trinajstić information content (AvgIpc) is 3.71. The van der Waals surface area contributed by atoms with Crippen molar-refractivity contribution in [1.29, 1.82) is 0 Å². The third-order valence-electron chi connectivity index (χ3n) is 7.23. The number of halogens is 1. The summed E-state index contributed by atoms with van der Waals surface area (Å²) in [7, 11) is 0. The summed E-state index contributed by atoms with van der Waals surface area (Å²) in [6, 6.07) is 17.9. The molecule has 0 atom stereocenters. The third kappa shape index (κ3) is 8.65. The van der Waals surface area contributed by atoms with Crippen molar-refractivity contribution in [3.63, 3.8) is 0 Å². The van der Waals surface area contributed by atoms with Gasteiger partial charge in [0.2, 0.25) is 0 Å². The number of hydrogen-bond donors (Lipinski definition) is 5. The molecule has 0 spiro atoms. The minimum atomic E-state index is -0.456. The molecule has 5 N–H and O–H groups in total. The molecule has 5 rings (SSSR count). The molecule has 45 heavy (non-hydrogen) atoms. The predicted octanol–water partition coefficient (Wildman–Crippen LogP) is 4.66. The van der Waals surface area contributed by atoms with E-state index < -0.39 is 5.91 Å². The van der Waals surface area contributed by atoms with Gasteiger partial charge >= 0.3 is 0 Å². The molecule has 1 aliphatic heterocycles. The van der Waals surface area contributed by atoms with E-state index in [1.54, 1.807) is 36.6 Å². The molecule has 10 nitrogen and oxygen atoms in total. The second kappa shape index (κ2) is 15.4. The Hall–Kier alpha value is -3.88. The minimum absolute atomic E-state index is 0.104. The number of carbonyl (C=O) groups excluding carboxylic acids is 3. The number of benzene rings is 2. The van der Waals surface area contributed by atoms with Crippen LogP contribution in [0.3, 0.4) is 0 Å². The van der Waals surface area contributed by atoms with Crippen LogP contribution in [0.15, 0.2) is 75.6 Å². The number of nitrogens with zero attached hydrogens (tertiary/aromatic N) is 2. The van der Waals surface area contributed by atoms with Crippen LogP contribution >= 0.6 is 38.6 Å². The summed E-state index contributed by atoms with van der Waals surface area (Å²) >= 11 is 5.86. The lowest BCUT2D eigenvalue weighted by atomic mass is 10.1. The Morgan fingerprint density at radius 1 is 0.933 bits per heavy atom. The number of hydrazone groups is 1. The zero-order chi connectivity index (χ0) is 31.8. The lowest BCUT2D eigenvalue weighted by Crippen LogP contribution is -2.46. The molecule has 0 bridgehead atoms. The average molecular weight is 710 g/mol. The van der Waals surface area contributed by atoms with Crippen molar-refractivity contribution in [1.82, 2.24) is 26.3 Å². The van der Waals surface area contributed by atoms with Crippen LogP contribution in [0, 0.1) is 0 Å². The van der Waals surface area contributed by atoms with E-state index in [-0.39, 0.29) is 24.1 Å². The van der Waals surface area contributed by atoms with Crippen LogP contribution in [0.5, 0.6) is 5.75 Å². The standard InChI is InChI=1S/C32H33BrN6O4S2/c1-20(25-19-44-29(28(25)40)22-6-8-24(33)9-7-22)37-38-32(43)27-11-10-26(45-27)31(42)36-18-21-2-4-23(5-3-21)30(41)35-14-17-39-15-12-34-13-16-39/h2-11,19,34,40H,12-18H2,1H3,(H,35,41)(H,36,42)(H,38,43)/b37-20-. The van der Waals surface area contributed by atoms with Gasteiger partial charge < -0.3 is 21.1 Å². The molecule has 3 heterocycles. The maximum absolute atomic E-state index is 12.7. The molecule has 4 aromatic rings. The molecule has 1 fully saturated rings. The van der Waals surface area contributed by atoms with E-state index in [0.29, 0.717) is 38.0 Å². The first kappa shape index (κ1) is 32.5. The van der Waals surface area contributed by atoms with Gasteiger partial charge in [0.1, 0.15) is 5.75 Å². The molecule has 0 radical (unpaired) electrons. The third-order valence-corrected chi connectivity index (χ3v) is 9.86. The van der Waals surface area contributed by atoms with Gasteiger partial charge in [0.25, 0.3) is 17.7 Å². The van der Waals surface area contributed by atoms with E-state index in [9.17, 15) is 19.5 Å². The Morgan fingerprint density at radius 3 is 2.33 bits per heavy atom. The molecule has 0 unspecified atom stereocenters. The Labute approximate surface area is 277 Å². The number of hydrogen-bond acceptors (Lipinski definition) is 9. The van der Waals surface area contributed by atoms with Gasteiger partial charge in [-0.3, -0.25) is 19.3 Å². The summed E-state index contributed by atoms with van der Waals surface area (Å²) in [5.74, 6) is -0.783. The van der Waals surface area contributed by atoms with Gasteiger partial charge in [0, 0.05) is 61.2 Å². The lowest BCUT2D eigenvalue weighted by Gasteiger charge is -2.27. The van der Waals surface area contributed by atoms with Crippen molar-refractivity contribution in [3.8, 4) is 16.2 Å². The lowest BCUT2D eigenvalue weighted by molar-refractivity contribution is 0.0940. The fraction of sp³-hybridized carbons (Fsp3) is 0.250. The topological polar surface area (TPSA) is 135 Å². The van der Waals surface area contributed by atoms with Gasteiger partial charge in [-0.25, -0.2) is 5.43 Å². The molecule has 2 aromatic heterocycles. The minimum Gasteiger partial charge on any atom is -0.506 e. The predicted molar refractivity (Wildman–Crippen MR) is 182 cm³/mol. The number of piperazine rings is 1. The Kier molecular flexibility index (Phi) is 11.1. The van der Waals surface area contributed by atoms with Gasteiger partial charge in [-0.2, -0.15) is 5.10 Å². The monoisotopic (exact) mass is 708 g/mol. The maximum Gasteiger partial charge on any atom is 0.281 e. The van der Waals surface area contributed by atoms with Gasteiger partial charge in [-0.05, 0) is 54.4 Å². The molecule has 2 aromatic carbocycles. The fourth-order valence-electron chi connectivity index (χ4n) is 4.65. The van der Waals surface area contributed by atoms with E-state index in [2.05, 4.69) is 47.3 Å². The molecule has 1 saturated heterocycles. The molecule has 1 aliphatic rings. The molecule has 0 aliphatic carbocycles. The van der Waals surface area contributed by atoms with E-state index in [0.717, 1.165) is 59.7 Å². The summed E-state index contributed by atoms with van der Waals surface area (Å²) in [5, 5.41) is 25.8. The van der Waals surface area contributed by atoms with Crippen molar-refractivity contribution < 1.29 is 19.5 Å². The van der Waals surface area contributed by atoms with Crippen LogP contribution in [0.25, 0.3) is 10.4 Å². The van der Waals surface area contributed by atoms with Crippen LogP contribution in [0.4, 0.5) is 0 Å². The molecular weight excluding hydrogens is 676 g/mol. The fourth-order valence-corrected chi connectivity index (χ4v) is 6.74. The first-order valence-corrected chi connectivity index (χ1v) is 16.9. The molecule has 3 amide bonds. The molecule has 0 saturated carbocycles. The Bertz CT molecular complexity index is 1680. The SMILES string of the molecule is C/C(=N/NC(=O)c1ccc(C(=O)NCc2ccc(C(=O)NCCN3CCNCC3)cc2)s1)c1csc(-c2ccc(Br)cc2)c1O. The van der Waals surface area contributed by atoms with Gasteiger partial charge in [-0.1, -0.05) is 40.2 Å². The van der Waals surface area contributed by atoms with E-state index in [1.807, 2.05) is 36.4 Å². The summed E-state index contributed by atoms with van der Waals surface area (Å²) in [5.41, 5.74) is 5.79. The van der Waals surface area contributed by atoms with Gasteiger partial charge in [0.15, 0.2) is 0 Å². The summed E-state index contributed by atoms with van der Waals surface area (Å²) < 4.78 is 0.946. The quantitative estimate of drug-likeness (QED) is 0.114. The normalized spacial score (nSPS) is 13.8. The van der Waals surface area contributed by atoms with Crippen molar-refractivity contribution >= 4 is 62.0 Å². The van der Waals surface area contributed by atoms with Crippen LogP contribution in [-0.2, 0) is 6.54 Å². The van der Waals surface area contributed by atoms with Crippen LogP contribution in [0.1, 0.15) is 47.8 Å². The Morgan fingerprint density at radius 2 is 1.62 bits per heavy atom. The summed E-state index contributed by atoms with van der Waals surface area (Å²) in [6.07, 6.45) is 0. The largest absolute Gasteiger partial charge is 0.506 e. The molecule has 234 valence electrons. The van der Waals surface area contributed by atoms with E-state index >= 15 is 0 Å². The zero-order valence-corrected chi connectivity index (χ0v) is 27.8. The number of aromatic hydroxyl groups is 1. The number of thiophene rings is 2. The highest BCUT2D eigenvalue weighted by Crippen LogP contribution is 2.39. The van der Waals surface area contributed by atoms with Crippen LogP contribution < -0.4 is 21.4 Å². The van der Waals surface area contributed by atoms with Crippen molar-refractivity contribution in [2.24, 2.45) is 5.10 Å². The Balaban J connectivity index is 1.09. The highest BCUT2D eigenvalue weighted by molar-refractivity contribution is 9.10. The van der Waals surface area contributed by atoms with E-state index in [4.69, 9.17) is 0 Å². The molecule has 13 heteroatoms. The number of carbonyl (C=O) groups is 3. The molecular formula is C32H33BrN6O4S2. The zero-order valence-electron chi connectivity index (χ0n) is 24.6. The van der Waals surface area contributed by atoms with Crippen molar-refractivity contribution in [2.45, 2.75) is 13.5 Å². The number of amides is 3. The number of rotatable bonds is 11. The van der Waals surface area contributed by atoms with Gasteiger partial charge in [-0.15, -0.1) is 22.7 Å². The highest BCUT2D eigenvalue weighted by atomic mass is 79.9. The summed E-state index contributed by atoms with van der Waals surface area (Å²) in [6.45, 7) is 7.32. The van der Waals surface area contributed by atoms with E-state index in [1.165, 1.54) is 11.3 Å². The smallest absolute Gasteiger partial charge is 0.281 e. The van der Waals surface area contributed by atoms with Crippen molar-refractivity contribution in [3.05, 3.63) is 97.0 Å². The highest BCUT2D eigenvalue weighted by Gasteiger charge is 2.17. The first-order chi connectivity index (χ1) is 21.8. The van der Waals surface area contributed by atoms with Gasteiger partial charge in [0.05, 0.1) is 25.9 Å². The van der Waals surface area contributed by atoms with Crippen LogP contribution in [0.2, 0.25) is 0 Å². The number of nitrogens with one attached hydrogen (secondary N) is 4. The summed E-state index contributed by atoms with van der Waals surface area (Å²) in [4.78, 5) is 41.7. The second-order valence-corrected chi connectivity index (χ2v) is 13.2. The first-order valence-electron chi connectivity index (χ1n) is 14.4.